The maximum absolute atomic E-state index is 13.0. The third-order valence-corrected chi connectivity index (χ3v) is 6.79. The molecule has 4 fully saturated rings. The van der Waals surface area contributed by atoms with E-state index in [4.69, 9.17) is 21.6 Å². The first-order valence-electron chi connectivity index (χ1n) is 9.66. The van der Waals surface area contributed by atoms with Crippen molar-refractivity contribution >= 4 is 29.2 Å². The highest BCUT2D eigenvalue weighted by Crippen LogP contribution is 2.62. The van der Waals surface area contributed by atoms with E-state index < -0.39 is 23.0 Å². The number of nitrogens with zero attached hydrogens (tertiary/aromatic N) is 1. The summed E-state index contributed by atoms with van der Waals surface area (Å²) < 4.78 is 5.54. The lowest BCUT2D eigenvalue weighted by Gasteiger charge is -2.58. The van der Waals surface area contributed by atoms with E-state index in [2.05, 4.69) is 5.32 Å². The number of ether oxygens (including phenoxy) is 1. The predicted molar refractivity (Wildman–Crippen MR) is 102 cm³/mol. The first kappa shape index (κ1) is 19.2. The highest BCUT2D eigenvalue weighted by Gasteiger charge is 2.61. The molecule has 2 unspecified atom stereocenters. The van der Waals surface area contributed by atoms with Crippen LogP contribution < -0.4 is 5.32 Å². The molecule has 4 saturated carbocycles. The number of benzene rings is 1. The first-order valence-corrected chi connectivity index (χ1v) is 10.0. The van der Waals surface area contributed by atoms with Gasteiger partial charge in [0, 0.05) is 5.69 Å². The smallest absolute Gasteiger partial charge is 0.312 e. The van der Waals surface area contributed by atoms with Crippen molar-refractivity contribution in [2.75, 3.05) is 5.32 Å². The Morgan fingerprint density at radius 1 is 1.32 bits per heavy atom. The molecule has 0 aliphatic heterocycles. The van der Waals surface area contributed by atoms with Gasteiger partial charge >= 0.3 is 5.97 Å². The molecule has 5 rings (SSSR count). The molecular formula is C21H23ClN2O4. The summed E-state index contributed by atoms with van der Waals surface area (Å²) in [6.45, 7) is 1.54. The molecule has 1 amide bonds. The van der Waals surface area contributed by atoms with Crippen molar-refractivity contribution < 1.29 is 19.4 Å². The summed E-state index contributed by atoms with van der Waals surface area (Å²) in [4.78, 5) is 25.4. The van der Waals surface area contributed by atoms with Gasteiger partial charge in [-0.05, 0) is 75.5 Å². The number of halogens is 1. The fourth-order valence-electron chi connectivity index (χ4n) is 5.72. The number of esters is 1. The van der Waals surface area contributed by atoms with Gasteiger partial charge in [-0.2, -0.15) is 5.26 Å². The largest absolute Gasteiger partial charge is 0.452 e. The van der Waals surface area contributed by atoms with E-state index in [1.165, 1.54) is 19.1 Å². The average Bonchev–Trinajstić information content (AvgIpc) is 2.59. The third kappa shape index (κ3) is 3.38. The molecule has 1 aromatic rings. The minimum absolute atomic E-state index is 0.242. The fourth-order valence-corrected chi connectivity index (χ4v) is 5.94. The van der Waals surface area contributed by atoms with Crippen LogP contribution in [0.25, 0.3) is 0 Å². The van der Waals surface area contributed by atoms with E-state index in [1.807, 2.05) is 6.07 Å². The molecule has 4 bridgehead atoms. The molecule has 148 valence electrons. The van der Waals surface area contributed by atoms with Crippen molar-refractivity contribution in [1.29, 1.82) is 5.26 Å². The van der Waals surface area contributed by atoms with Gasteiger partial charge in [0.05, 0.1) is 21.6 Å². The van der Waals surface area contributed by atoms with Crippen molar-refractivity contribution in [2.45, 2.75) is 57.2 Å². The van der Waals surface area contributed by atoms with E-state index in [-0.39, 0.29) is 11.0 Å². The van der Waals surface area contributed by atoms with Crippen molar-refractivity contribution in [3.63, 3.8) is 0 Å². The second kappa shape index (κ2) is 6.75. The van der Waals surface area contributed by atoms with E-state index in [9.17, 15) is 14.7 Å². The molecule has 0 heterocycles. The molecule has 0 radical (unpaired) electrons. The van der Waals surface area contributed by atoms with E-state index in [0.29, 0.717) is 29.5 Å². The summed E-state index contributed by atoms with van der Waals surface area (Å²) in [6.07, 6.45) is 3.57. The Hall–Kier alpha value is -2.10. The van der Waals surface area contributed by atoms with Gasteiger partial charge in [-0.3, -0.25) is 9.59 Å². The zero-order chi connectivity index (χ0) is 20.1. The van der Waals surface area contributed by atoms with Gasteiger partial charge < -0.3 is 15.2 Å². The Balaban J connectivity index is 1.41. The fraction of sp³-hybridized carbons (Fsp3) is 0.571. The Labute approximate surface area is 168 Å². The maximum atomic E-state index is 13.0. The number of amides is 1. The molecule has 1 aromatic carbocycles. The second-order valence-electron chi connectivity index (χ2n) is 8.81. The molecule has 4 aliphatic rings. The van der Waals surface area contributed by atoms with Crippen molar-refractivity contribution in [3.05, 3.63) is 28.8 Å². The minimum Gasteiger partial charge on any atom is -0.452 e. The normalized spacial score (nSPS) is 33.8. The summed E-state index contributed by atoms with van der Waals surface area (Å²) in [5.41, 5.74) is -0.668. The molecule has 0 saturated heterocycles. The van der Waals surface area contributed by atoms with Crippen LogP contribution in [0.15, 0.2) is 18.2 Å². The molecule has 4 aliphatic carbocycles. The number of rotatable bonds is 4. The summed E-state index contributed by atoms with van der Waals surface area (Å²) in [5.74, 6) is -0.106. The van der Waals surface area contributed by atoms with Crippen molar-refractivity contribution in [2.24, 2.45) is 17.3 Å². The molecular weight excluding hydrogens is 380 g/mol. The molecule has 0 aromatic heterocycles. The number of carbonyl (C=O) groups is 2. The highest BCUT2D eigenvalue weighted by atomic mass is 35.5. The van der Waals surface area contributed by atoms with Crippen LogP contribution in [0.4, 0.5) is 5.69 Å². The number of carbonyl (C=O) groups excluding carboxylic acids is 2. The van der Waals surface area contributed by atoms with E-state index >= 15 is 0 Å². The van der Waals surface area contributed by atoms with Gasteiger partial charge in [0.1, 0.15) is 6.07 Å². The van der Waals surface area contributed by atoms with Crippen LogP contribution in [0.3, 0.4) is 0 Å². The topological polar surface area (TPSA) is 99.4 Å². The van der Waals surface area contributed by atoms with Gasteiger partial charge in [-0.25, -0.2) is 0 Å². The van der Waals surface area contributed by atoms with Gasteiger partial charge in [-0.15, -0.1) is 0 Å². The number of hydrogen-bond acceptors (Lipinski definition) is 5. The predicted octanol–water partition coefficient (Wildman–Crippen LogP) is 3.41. The number of aliphatic hydroxyl groups is 1. The number of hydrogen-bond donors (Lipinski definition) is 2. The quantitative estimate of drug-likeness (QED) is 0.752. The summed E-state index contributed by atoms with van der Waals surface area (Å²) in [5, 5.41) is 22.6. The Bertz CT molecular complexity index is 864. The summed E-state index contributed by atoms with van der Waals surface area (Å²) >= 11 is 5.98. The maximum Gasteiger partial charge on any atom is 0.312 e. The lowest BCUT2D eigenvalue weighted by Crippen LogP contribution is -2.59. The van der Waals surface area contributed by atoms with Crippen LogP contribution in [-0.4, -0.2) is 28.7 Å². The van der Waals surface area contributed by atoms with Crippen molar-refractivity contribution in [3.8, 4) is 6.07 Å². The molecule has 0 spiro atoms. The van der Waals surface area contributed by atoms with Crippen LogP contribution in [-0.2, 0) is 14.3 Å². The molecule has 6 nitrogen and oxygen atoms in total. The van der Waals surface area contributed by atoms with Gasteiger partial charge in [0.2, 0.25) is 0 Å². The summed E-state index contributed by atoms with van der Waals surface area (Å²) in [6, 6.07) is 6.54. The molecule has 5 atom stereocenters. The number of nitriles is 1. The second-order valence-corrected chi connectivity index (χ2v) is 9.22. The highest BCUT2D eigenvalue weighted by molar-refractivity contribution is 6.32. The SMILES string of the molecule is C[C@H](OC(=O)C12C[C@@H]3C[C@@H](CC(O)(C3)C1)C2)C(=O)Nc1ccc(C#N)c(Cl)c1. The Kier molecular flexibility index (Phi) is 4.64. The van der Waals surface area contributed by atoms with Crippen LogP contribution in [0.1, 0.15) is 51.0 Å². The monoisotopic (exact) mass is 402 g/mol. The van der Waals surface area contributed by atoms with Crippen LogP contribution in [0.5, 0.6) is 0 Å². The van der Waals surface area contributed by atoms with E-state index in [1.54, 1.807) is 6.07 Å². The molecule has 28 heavy (non-hydrogen) atoms. The lowest BCUT2D eigenvalue weighted by molar-refractivity contribution is -0.199. The van der Waals surface area contributed by atoms with Crippen molar-refractivity contribution in [1.82, 2.24) is 0 Å². The zero-order valence-electron chi connectivity index (χ0n) is 15.7. The number of nitrogens with one attached hydrogen (secondary N) is 1. The summed E-state index contributed by atoms with van der Waals surface area (Å²) in [7, 11) is 0. The molecule has 2 N–H and O–H groups in total. The van der Waals surface area contributed by atoms with E-state index in [0.717, 1.165) is 32.1 Å². The minimum atomic E-state index is -0.968. The van der Waals surface area contributed by atoms with Crippen LogP contribution >= 0.6 is 11.6 Å². The Morgan fingerprint density at radius 3 is 2.57 bits per heavy atom. The van der Waals surface area contributed by atoms with Gasteiger partial charge in [0.25, 0.3) is 5.91 Å². The Morgan fingerprint density at radius 2 is 2.00 bits per heavy atom. The third-order valence-electron chi connectivity index (χ3n) is 6.47. The van der Waals surface area contributed by atoms with Crippen LogP contribution in [0, 0.1) is 28.6 Å². The number of anilines is 1. The van der Waals surface area contributed by atoms with Gasteiger partial charge in [-0.1, -0.05) is 11.6 Å². The van der Waals surface area contributed by atoms with Gasteiger partial charge in [0.15, 0.2) is 6.10 Å². The standard InChI is InChI=1S/C21H23ClN2O4/c1-12(18(25)24-16-3-2-15(10-23)17(22)5-16)28-19(26)20-6-13-4-14(7-20)9-21(27,8-13)11-20/h2-3,5,12-14,27H,4,6-9,11H2,1H3,(H,24,25)/t12-,13-,14+,20?,21?/m0/s1. The lowest BCUT2D eigenvalue weighted by atomic mass is 9.48. The van der Waals surface area contributed by atoms with Crippen LogP contribution in [0.2, 0.25) is 5.02 Å². The first-order chi connectivity index (χ1) is 13.2. The zero-order valence-corrected chi connectivity index (χ0v) is 16.5. The molecule has 7 heteroatoms. The average molecular weight is 403 g/mol.